The SMILES string of the molecule is NC1(COc2ccc(C(F)(F)F)cn2)CCCC1. The van der Waals surface area contributed by atoms with Crippen molar-refractivity contribution in [1.29, 1.82) is 0 Å². The predicted octanol–water partition coefficient (Wildman–Crippen LogP) is 2.75. The van der Waals surface area contributed by atoms with Gasteiger partial charge in [0.05, 0.1) is 11.1 Å². The van der Waals surface area contributed by atoms with Gasteiger partial charge in [-0.15, -0.1) is 0 Å². The molecule has 6 heteroatoms. The first kappa shape index (κ1) is 13.1. The second kappa shape index (κ2) is 4.76. The Labute approximate surface area is 103 Å². The molecule has 1 saturated carbocycles. The van der Waals surface area contributed by atoms with Crippen LogP contribution in [0, 0.1) is 0 Å². The maximum absolute atomic E-state index is 12.3. The fraction of sp³-hybridized carbons (Fsp3) is 0.583. The number of hydrogen-bond donors (Lipinski definition) is 1. The zero-order valence-electron chi connectivity index (χ0n) is 9.83. The van der Waals surface area contributed by atoms with Crippen molar-refractivity contribution in [2.45, 2.75) is 37.4 Å². The standard InChI is InChI=1S/C12H15F3N2O/c13-12(14,15)9-3-4-10(17-7-9)18-8-11(16)5-1-2-6-11/h3-4,7H,1-2,5-6,8,16H2. The third-order valence-corrected chi connectivity index (χ3v) is 3.17. The molecule has 1 heterocycles. The quantitative estimate of drug-likeness (QED) is 0.909. The largest absolute Gasteiger partial charge is 0.476 e. The van der Waals surface area contributed by atoms with E-state index >= 15 is 0 Å². The molecule has 1 fully saturated rings. The topological polar surface area (TPSA) is 48.1 Å². The third kappa shape index (κ3) is 3.13. The van der Waals surface area contributed by atoms with E-state index in [1.807, 2.05) is 0 Å². The van der Waals surface area contributed by atoms with Crippen LogP contribution in [0.5, 0.6) is 5.88 Å². The Balaban J connectivity index is 1.94. The number of rotatable bonds is 3. The molecule has 18 heavy (non-hydrogen) atoms. The second-order valence-corrected chi connectivity index (χ2v) is 4.74. The van der Waals surface area contributed by atoms with Crippen LogP contribution >= 0.6 is 0 Å². The van der Waals surface area contributed by atoms with Crippen molar-refractivity contribution in [1.82, 2.24) is 4.98 Å². The summed E-state index contributed by atoms with van der Waals surface area (Å²) in [7, 11) is 0. The van der Waals surface area contributed by atoms with Gasteiger partial charge in [0, 0.05) is 12.3 Å². The van der Waals surface area contributed by atoms with Gasteiger partial charge in [-0.25, -0.2) is 4.98 Å². The first-order valence-electron chi connectivity index (χ1n) is 5.84. The highest BCUT2D eigenvalue weighted by molar-refractivity contribution is 5.20. The summed E-state index contributed by atoms with van der Waals surface area (Å²) in [5.41, 5.74) is 4.94. The molecule has 0 amide bonds. The second-order valence-electron chi connectivity index (χ2n) is 4.74. The number of nitrogens with two attached hydrogens (primary N) is 1. The van der Waals surface area contributed by atoms with Gasteiger partial charge in [0.15, 0.2) is 0 Å². The molecule has 0 unspecified atom stereocenters. The normalized spacial score (nSPS) is 18.9. The van der Waals surface area contributed by atoms with Crippen LogP contribution in [0.2, 0.25) is 0 Å². The van der Waals surface area contributed by atoms with E-state index in [1.165, 1.54) is 6.07 Å². The Morgan fingerprint density at radius 3 is 2.44 bits per heavy atom. The molecule has 3 nitrogen and oxygen atoms in total. The van der Waals surface area contributed by atoms with Crippen molar-refractivity contribution in [3.63, 3.8) is 0 Å². The van der Waals surface area contributed by atoms with Crippen LogP contribution in [0.15, 0.2) is 18.3 Å². The molecule has 100 valence electrons. The summed E-state index contributed by atoms with van der Waals surface area (Å²) in [6.45, 7) is 0.297. The zero-order chi connectivity index (χ0) is 13.2. The van der Waals surface area contributed by atoms with Gasteiger partial charge in [0.1, 0.15) is 6.61 Å². The lowest BCUT2D eigenvalue weighted by molar-refractivity contribution is -0.137. The van der Waals surface area contributed by atoms with Gasteiger partial charge < -0.3 is 10.5 Å². The lowest BCUT2D eigenvalue weighted by Gasteiger charge is -2.23. The number of hydrogen-bond acceptors (Lipinski definition) is 3. The average Bonchev–Trinajstić information content (AvgIpc) is 2.74. The first-order valence-corrected chi connectivity index (χ1v) is 5.84. The lowest BCUT2D eigenvalue weighted by Crippen LogP contribution is -2.42. The number of halogens is 3. The van der Waals surface area contributed by atoms with Crippen LogP contribution in [0.4, 0.5) is 13.2 Å². The zero-order valence-corrected chi connectivity index (χ0v) is 9.83. The van der Waals surface area contributed by atoms with Gasteiger partial charge in [-0.05, 0) is 18.9 Å². The summed E-state index contributed by atoms with van der Waals surface area (Å²) >= 11 is 0. The molecule has 1 aromatic heterocycles. The van der Waals surface area contributed by atoms with E-state index in [2.05, 4.69) is 4.98 Å². The summed E-state index contributed by atoms with van der Waals surface area (Å²) in [6.07, 6.45) is 0.307. The maximum Gasteiger partial charge on any atom is 0.417 e. The monoisotopic (exact) mass is 260 g/mol. The van der Waals surface area contributed by atoms with Crippen LogP contribution in [-0.4, -0.2) is 17.1 Å². The number of alkyl halides is 3. The van der Waals surface area contributed by atoms with E-state index in [-0.39, 0.29) is 11.4 Å². The van der Waals surface area contributed by atoms with Crippen molar-refractivity contribution in [3.05, 3.63) is 23.9 Å². The molecular weight excluding hydrogens is 245 g/mol. The maximum atomic E-state index is 12.3. The minimum atomic E-state index is -4.37. The fourth-order valence-electron chi connectivity index (χ4n) is 2.07. The molecule has 0 aromatic carbocycles. The Kier molecular flexibility index (Phi) is 3.47. The molecule has 2 rings (SSSR count). The van der Waals surface area contributed by atoms with Gasteiger partial charge in [0.2, 0.25) is 5.88 Å². The summed E-state index contributed by atoms with van der Waals surface area (Å²) in [6, 6.07) is 2.18. The van der Waals surface area contributed by atoms with Gasteiger partial charge in [-0.2, -0.15) is 13.2 Å². The highest BCUT2D eigenvalue weighted by Crippen LogP contribution is 2.30. The lowest BCUT2D eigenvalue weighted by atomic mass is 10.0. The molecule has 1 aliphatic rings. The van der Waals surface area contributed by atoms with Crippen molar-refractivity contribution in [2.75, 3.05) is 6.61 Å². The Morgan fingerprint density at radius 2 is 1.94 bits per heavy atom. The highest BCUT2D eigenvalue weighted by atomic mass is 19.4. The predicted molar refractivity (Wildman–Crippen MR) is 60.1 cm³/mol. The third-order valence-electron chi connectivity index (χ3n) is 3.17. The van der Waals surface area contributed by atoms with Crippen molar-refractivity contribution in [2.24, 2.45) is 5.73 Å². The van der Waals surface area contributed by atoms with Crippen molar-refractivity contribution < 1.29 is 17.9 Å². The molecule has 0 spiro atoms. The van der Waals surface area contributed by atoms with Crippen LogP contribution < -0.4 is 10.5 Å². The van der Waals surface area contributed by atoms with Gasteiger partial charge in [-0.3, -0.25) is 0 Å². The summed E-state index contributed by atoms with van der Waals surface area (Å²) < 4.78 is 42.3. The minimum absolute atomic E-state index is 0.180. The molecule has 1 aromatic rings. The molecule has 0 bridgehead atoms. The van der Waals surface area contributed by atoms with E-state index in [4.69, 9.17) is 10.5 Å². The highest BCUT2D eigenvalue weighted by Gasteiger charge is 2.32. The van der Waals surface area contributed by atoms with Crippen molar-refractivity contribution >= 4 is 0 Å². The summed E-state index contributed by atoms with van der Waals surface area (Å²) in [4.78, 5) is 3.64. The number of nitrogens with zero attached hydrogens (tertiary/aromatic N) is 1. The van der Waals surface area contributed by atoms with Gasteiger partial charge >= 0.3 is 6.18 Å². The van der Waals surface area contributed by atoms with E-state index in [0.717, 1.165) is 37.9 Å². The van der Waals surface area contributed by atoms with Gasteiger partial charge in [0.25, 0.3) is 0 Å². The Morgan fingerprint density at radius 1 is 1.28 bits per heavy atom. The molecular formula is C12H15F3N2O. The molecule has 0 saturated heterocycles. The van der Waals surface area contributed by atoms with Crippen LogP contribution in [-0.2, 0) is 6.18 Å². The summed E-state index contributed by atoms with van der Waals surface area (Å²) in [5, 5.41) is 0. The van der Waals surface area contributed by atoms with E-state index in [1.54, 1.807) is 0 Å². The number of aromatic nitrogens is 1. The van der Waals surface area contributed by atoms with Gasteiger partial charge in [-0.1, -0.05) is 12.8 Å². The van der Waals surface area contributed by atoms with Crippen LogP contribution in [0.25, 0.3) is 0 Å². The molecule has 1 aliphatic carbocycles. The van der Waals surface area contributed by atoms with E-state index in [0.29, 0.717) is 6.61 Å². The molecule has 2 N–H and O–H groups in total. The van der Waals surface area contributed by atoms with E-state index < -0.39 is 11.7 Å². The smallest absolute Gasteiger partial charge is 0.417 e. The average molecular weight is 260 g/mol. The fourth-order valence-corrected chi connectivity index (χ4v) is 2.07. The summed E-state index contributed by atoms with van der Waals surface area (Å²) in [5.74, 6) is 0.180. The Bertz CT molecular complexity index is 397. The Hall–Kier alpha value is -1.30. The van der Waals surface area contributed by atoms with Crippen LogP contribution in [0.1, 0.15) is 31.2 Å². The van der Waals surface area contributed by atoms with Crippen molar-refractivity contribution in [3.8, 4) is 5.88 Å². The van der Waals surface area contributed by atoms with Crippen LogP contribution in [0.3, 0.4) is 0 Å². The first-order chi connectivity index (χ1) is 8.39. The number of pyridine rings is 1. The molecule has 0 radical (unpaired) electrons. The molecule has 0 atom stereocenters. The van der Waals surface area contributed by atoms with E-state index in [9.17, 15) is 13.2 Å². The minimum Gasteiger partial charge on any atom is -0.476 e. The number of ether oxygens (including phenoxy) is 1. The molecule has 0 aliphatic heterocycles.